The third-order valence-corrected chi connectivity index (χ3v) is 3.78. The number of ether oxygens (including phenoxy) is 1. The van der Waals surface area contributed by atoms with Gasteiger partial charge in [0.05, 0.1) is 12.2 Å². The van der Waals surface area contributed by atoms with Gasteiger partial charge >= 0.3 is 0 Å². The van der Waals surface area contributed by atoms with Crippen molar-refractivity contribution in [3.63, 3.8) is 0 Å². The lowest BCUT2D eigenvalue weighted by Crippen LogP contribution is -2.42. The molecule has 0 aromatic rings. The highest BCUT2D eigenvalue weighted by Gasteiger charge is 2.35. The molecule has 0 bridgehead atoms. The van der Waals surface area contributed by atoms with Crippen LogP contribution in [0.4, 0.5) is 0 Å². The molecule has 1 fully saturated rings. The lowest BCUT2D eigenvalue weighted by atomic mass is 9.76. The van der Waals surface area contributed by atoms with Crippen LogP contribution >= 0.6 is 0 Å². The predicted octanol–water partition coefficient (Wildman–Crippen LogP) is 3.09. The molecule has 5 atom stereocenters. The first kappa shape index (κ1) is 10.0. The molecular weight excluding hydrogens is 148 g/mol. The Morgan fingerprint density at radius 1 is 0.917 bits per heavy atom. The van der Waals surface area contributed by atoms with Crippen LogP contribution < -0.4 is 0 Å². The Morgan fingerprint density at radius 3 is 2.00 bits per heavy atom. The van der Waals surface area contributed by atoms with Crippen LogP contribution in [0, 0.1) is 17.8 Å². The molecule has 0 aromatic heterocycles. The van der Waals surface area contributed by atoms with Crippen molar-refractivity contribution < 1.29 is 4.74 Å². The van der Waals surface area contributed by atoms with E-state index in [2.05, 4.69) is 34.6 Å². The first-order chi connectivity index (χ1) is 5.57. The molecule has 0 aliphatic carbocycles. The smallest absolute Gasteiger partial charge is 0.0604 e. The van der Waals surface area contributed by atoms with Gasteiger partial charge in [0, 0.05) is 0 Å². The molecule has 0 aromatic carbocycles. The fourth-order valence-electron chi connectivity index (χ4n) is 2.24. The number of hydrogen-bond acceptors (Lipinski definition) is 1. The molecule has 72 valence electrons. The molecule has 1 nitrogen and oxygen atoms in total. The molecule has 1 rings (SSSR count). The standard InChI is InChI=1S/C11H22O/c1-6-11-9(4)7(2)8(3)10(5)12-11/h7-11H,6H2,1-5H3/t7-,8-,9+,10+,11+/m0/s1. The summed E-state index contributed by atoms with van der Waals surface area (Å²) in [7, 11) is 0. The highest BCUT2D eigenvalue weighted by molar-refractivity contribution is 4.83. The molecule has 0 amide bonds. The second-order valence-electron chi connectivity index (χ2n) is 4.37. The van der Waals surface area contributed by atoms with Crippen LogP contribution in [0.15, 0.2) is 0 Å². The lowest BCUT2D eigenvalue weighted by Gasteiger charge is -2.42. The van der Waals surface area contributed by atoms with E-state index in [4.69, 9.17) is 4.74 Å². The fraction of sp³-hybridized carbons (Fsp3) is 1.00. The van der Waals surface area contributed by atoms with Crippen molar-refractivity contribution in [2.75, 3.05) is 0 Å². The van der Waals surface area contributed by atoms with Gasteiger partial charge in [0.15, 0.2) is 0 Å². The van der Waals surface area contributed by atoms with Crippen molar-refractivity contribution in [3.8, 4) is 0 Å². The summed E-state index contributed by atoms with van der Waals surface area (Å²) in [5, 5.41) is 0. The summed E-state index contributed by atoms with van der Waals surface area (Å²) in [6.45, 7) is 11.4. The quantitative estimate of drug-likeness (QED) is 0.587. The maximum atomic E-state index is 5.93. The van der Waals surface area contributed by atoms with Gasteiger partial charge in [0.2, 0.25) is 0 Å². The number of rotatable bonds is 1. The molecule has 1 aliphatic heterocycles. The van der Waals surface area contributed by atoms with Crippen molar-refractivity contribution in [2.24, 2.45) is 17.8 Å². The first-order valence-electron chi connectivity index (χ1n) is 5.23. The van der Waals surface area contributed by atoms with Gasteiger partial charge in [-0.3, -0.25) is 0 Å². The summed E-state index contributed by atoms with van der Waals surface area (Å²) >= 11 is 0. The Labute approximate surface area is 76.5 Å². The zero-order valence-corrected chi connectivity index (χ0v) is 9.00. The molecule has 1 heterocycles. The third-order valence-electron chi connectivity index (χ3n) is 3.78. The van der Waals surface area contributed by atoms with Gasteiger partial charge in [0.1, 0.15) is 0 Å². The molecule has 0 spiro atoms. The molecule has 0 saturated carbocycles. The average Bonchev–Trinajstić information content (AvgIpc) is 2.08. The van der Waals surface area contributed by atoms with E-state index in [1.165, 1.54) is 0 Å². The summed E-state index contributed by atoms with van der Waals surface area (Å²) in [5.41, 5.74) is 0. The largest absolute Gasteiger partial charge is 0.375 e. The number of hydrogen-bond donors (Lipinski definition) is 0. The van der Waals surface area contributed by atoms with Crippen LogP contribution in [-0.2, 0) is 4.74 Å². The van der Waals surface area contributed by atoms with Gasteiger partial charge in [-0.2, -0.15) is 0 Å². The molecule has 12 heavy (non-hydrogen) atoms. The van der Waals surface area contributed by atoms with Gasteiger partial charge in [-0.15, -0.1) is 0 Å². The molecule has 0 radical (unpaired) electrons. The molecule has 0 unspecified atom stereocenters. The van der Waals surface area contributed by atoms with Crippen LogP contribution in [0.25, 0.3) is 0 Å². The Morgan fingerprint density at radius 2 is 1.50 bits per heavy atom. The van der Waals surface area contributed by atoms with E-state index in [0.29, 0.717) is 18.1 Å². The van der Waals surface area contributed by atoms with Crippen LogP contribution in [-0.4, -0.2) is 12.2 Å². The van der Waals surface area contributed by atoms with Crippen molar-refractivity contribution >= 4 is 0 Å². The van der Waals surface area contributed by atoms with Crippen molar-refractivity contribution in [1.82, 2.24) is 0 Å². The minimum absolute atomic E-state index is 0.446. The van der Waals surface area contributed by atoms with Crippen LogP contribution in [0.3, 0.4) is 0 Å². The highest BCUT2D eigenvalue weighted by atomic mass is 16.5. The van der Waals surface area contributed by atoms with Crippen LogP contribution in [0.1, 0.15) is 41.0 Å². The Bertz CT molecular complexity index is 139. The maximum Gasteiger partial charge on any atom is 0.0604 e. The fourth-order valence-corrected chi connectivity index (χ4v) is 2.24. The second-order valence-corrected chi connectivity index (χ2v) is 4.37. The van der Waals surface area contributed by atoms with Crippen LogP contribution in [0.2, 0.25) is 0 Å². The topological polar surface area (TPSA) is 9.23 Å². The zero-order valence-electron chi connectivity index (χ0n) is 9.00. The van der Waals surface area contributed by atoms with E-state index in [1.807, 2.05) is 0 Å². The monoisotopic (exact) mass is 170 g/mol. The molecule has 1 saturated heterocycles. The van der Waals surface area contributed by atoms with E-state index in [1.54, 1.807) is 0 Å². The zero-order chi connectivity index (χ0) is 9.30. The van der Waals surface area contributed by atoms with Crippen LogP contribution in [0.5, 0.6) is 0 Å². The Kier molecular flexibility index (Phi) is 3.16. The molecular formula is C11H22O. The normalized spacial score (nSPS) is 49.2. The van der Waals surface area contributed by atoms with Gasteiger partial charge < -0.3 is 4.74 Å². The predicted molar refractivity (Wildman–Crippen MR) is 52.1 cm³/mol. The van der Waals surface area contributed by atoms with Crippen molar-refractivity contribution in [3.05, 3.63) is 0 Å². The van der Waals surface area contributed by atoms with Gasteiger partial charge in [-0.1, -0.05) is 27.7 Å². The molecule has 0 N–H and O–H groups in total. The minimum Gasteiger partial charge on any atom is -0.375 e. The summed E-state index contributed by atoms with van der Waals surface area (Å²) in [6.07, 6.45) is 2.09. The summed E-state index contributed by atoms with van der Waals surface area (Å²) < 4.78 is 5.93. The van der Waals surface area contributed by atoms with E-state index in [0.717, 1.165) is 18.3 Å². The minimum atomic E-state index is 0.446. The van der Waals surface area contributed by atoms with E-state index in [-0.39, 0.29) is 0 Å². The molecule has 1 aliphatic rings. The van der Waals surface area contributed by atoms with Crippen molar-refractivity contribution in [1.29, 1.82) is 0 Å². The highest BCUT2D eigenvalue weighted by Crippen LogP contribution is 2.35. The van der Waals surface area contributed by atoms with Gasteiger partial charge in [0.25, 0.3) is 0 Å². The third kappa shape index (κ3) is 1.66. The van der Waals surface area contributed by atoms with Gasteiger partial charge in [-0.05, 0) is 31.1 Å². The maximum absolute atomic E-state index is 5.93. The SMILES string of the molecule is CC[C@H]1O[C@H](C)[C@@H](C)[C@H](C)[C@H]1C. The summed E-state index contributed by atoms with van der Waals surface area (Å²) in [5.74, 6) is 2.24. The molecule has 1 heteroatoms. The average molecular weight is 170 g/mol. The summed E-state index contributed by atoms with van der Waals surface area (Å²) in [6, 6.07) is 0. The first-order valence-corrected chi connectivity index (χ1v) is 5.23. The summed E-state index contributed by atoms with van der Waals surface area (Å²) in [4.78, 5) is 0. The second kappa shape index (κ2) is 3.78. The van der Waals surface area contributed by atoms with E-state index >= 15 is 0 Å². The van der Waals surface area contributed by atoms with Crippen molar-refractivity contribution in [2.45, 2.75) is 53.2 Å². The Hall–Kier alpha value is -0.0400. The van der Waals surface area contributed by atoms with E-state index in [9.17, 15) is 0 Å². The lowest BCUT2D eigenvalue weighted by molar-refractivity contribution is -0.125. The van der Waals surface area contributed by atoms with Gasteiger partial charge in [-0.25, -0.2) is 0 Å². The van der Waals surface area contributed by atoms with E-state index < -0.39 is 0 Å². The Balaban J connectivity index is 2.63.